The maximum atomic E-state index is 14.1. The van der Waals surface area contributed by atoms with Gasteiger partial charge in [-0.3, -0.25) is 0 Å². The Morgan fingerprint density at radius 1 is 1.29 bits per heavy atom. The molecule has 0 spiro atoms. The molecule has 3 rings (SSSR count). The molecular formula is C21H27F3N4. The normalized spacial score (nSPS) is 15.8. The van der Waals surface area contributed by atoms with Gasteiger partial charge in [0, 0.05) is 42.2 Å². The van der Waals surface area contributed by atoms with E-state index in [1.54, 1.807) is 0 Å². The summed E-state index contributed by atoms with van der Waals surface area (Å²) in [6, 6.07) is 2.44. The van der Waals surface area contributed by atoms with E-state index in [-0.39, 0.29) is 11.5 Å². The molecule has 0 bridgehead atoms. The molecule has 0 aliphatic carbocycles. The van der Waals surface area contributed by atoms with E-state index < -0.39 is 23.8 Å². The first-order chi connectivity index (χ1) is 13.1. The van der Waals surface area contributed by atoms with Crippen LogP contribution in [0.3, 0.4) is 0 Å². The van der Waals surface area contributed by atoms with Crippen LogP contribution in [0.2, 0.25) is 0 Å². The predicted octanol–water partition coefficient (Wildman–Crippen LogP) is 4.44. The fraction of sp³-hybridized carbons (Fsp3) is 0.476. The number of aromatic nitrogens is 2. The highest BCUT2D eigenvalue weighted by molar-refractivity contribution is 5.65. The molecule has 28 heavy (non-hydrogen) atoms. The van der Waals surface area contributed by atoms with Crippen molar-refractivity contribution in [1.82, 2.24) is 14.5 Å². The van der Waals surface area contributed by atoms with Gasteiger partial charge in [0.15, 0.2) is 11.6 Å². The van der Waals surface area contributed by atoms with Crippen molar-refractivity contribution in [2.45, 2.75) is 52.4 Å². The summed E-state index contributed by atoms with van der Waals surface area (Å²) in [6.07, 6.45) is 0. The second-order valence-electron chi connectivity index (χ2n) is 8.02. The van der Waals surface area contributed by atoms with Crippen molar-refractivity contribution >= 4 is 0 Å². The highest BCUT2D eigenvalue weighted by Crippen LogP contribution is 2.40. The van der Waals surface area contributed by atoms with Crippen LogP contribution in [0.4, 0.5) is 13.2 Å². The summed E-state index contributed by atoms with van der Waals surface area (Å²) in [4.78, 5) is 6.96. The van der Waals surface area contributed by atoms with Gasteiger partial charge < -0.3 is 15.2 Å². The van der Waals surface area contributed by atoms with Crippen LogP contribution in [0.25, 0.3) is 11.3 Å². The monoisotopic (exact) mass is 392 g/mol. The summed E-state index contributed by atoms with van der Waals surface area (Å²) in [5.41, 5.74) is 7.72. The van der Waals surface area contributed by atoms with Crippen LogP contribution in [0.5, 0.6) is 0 Å². The fourth-order valence-electron chi connectivity index (χ4n) is 4.10. The zero-order valence-corrected chi connectivity index (χ0v) is 16.8. The lowest BCUT2D eigenvalue weighted by molar-refractivity contribution is 0.116. The predicted molar refractivity (Wildman–Crippen MR) is 104 cm³/mol. The molecule has 7 heteroatoms. The molecule has 0 saturated carbocycles. The molecule has 1 aliphatic heterocycles. The third kappa shape index (κ3) is 3.11. The Morgan fingerprint density at radius 3 is 2.54 bits per heavy atom. The summed E-state index contributed by atoms with van der Waals surface area (Å²) in [5.74, 6) is -1.31. The number of rotatable bonds is 5. The number of nitrogens with zero attached hydrogens (tertiary/aromatic N) is 3. The Hall–Kier alpha value is -2.28. The van der Waals surface area contributed by atoms with E-state index in [9.17, 15) is 13.2 Å². The lowest BCUT2D eigenvalue weighted by Gasteiger charge is -2.45. The quantitative estimate of drug-likeness (QED) is 0.818. The molecule has 0 fully saturated rings. The van der Waals surface area contributed by atoms with Crippen LogP contribution >= 0.6 is 0 Å². The zero-order valence-electron chi connectivity index (χ0n) is 16.8. The van der Waals surface area contributed by atoms with Crippen molar-refractivity contribution in [1.29, 1.82) is 0 Å². The van der Waals surface area contributed by atoms with Crippen molar-refractivity contribution in [2.75, 3.05) is 13.1 Å². The van der Waals surface area contributed by atoms with Gasteiger partial charge in [-0.05, 0) is 31.9 Å². The number of halogens is 3. The van der Waals surface area contributed by atoms with Crippen LogP contribution in [-0.4, -0.2) is 27.5 Å². The minimum atomic E-state index is -1.15. The maximum absolute atomic E-state index is 14.1. The number of nitrogens with two attached hydrogens (primary N) is 1. The molecular weight excluding hydrogens is 365 g/mol. The summed E-state index contributed by atoms with van der Waals surface area (Å²) >= 11 is 0. The van der Waals surface area contributed by atoms with E-state index in [2.05, 4.69) is 16.0 Å². The van der Waals surface area contributed by atoms with Crippen LogP contribution in [-0.2, 0) is 18.8 Å². The second-order valence-corrected chi connectivity index (χ2v) is 8.02. The highest BCUT2D eigenvalue weighted by atomic mass is 19.2. The minimum Gasteiger partial charge on any atom is -0.360 e. The van der Waals surface area contributed by atoms with Crippen LogP contribution < -0.4 is 5.73 Å². The standard InChI is InChI=1S/C21H27F3N4/c1-12(2)19-18(14-8-15(10-22)17(24)16(23)9-14)26-20-21(4,5)28(13(3)11-25)7-6-27(19)20/h8-9,12H,3,6-7,10-11,25H2,1-2,4-5H3. The van der Waals surface area contributed by atoms with Gasteiger partial charge in [-0.1, -0.05) is 20.4 Å². The van der Waals surface area contributed by atoms with E-state index in [1.807, 2.05) is 27.7 Å². The summed E-state index contributed by atoms with van der Waals surface area (Å²) in [7, 11) is 0. The topological polar surface area (TPSA) is 47.1 Å². The minimum absolute atomic E-state index is 0.0956. The number of hydrogen-bond donors (Lipinski definition) is 1. The van der Waals surface area contributed by atoms with Crippen molar-refractivity contribution in [3.63, 3.8) is 0 Å². The molecule has 0 unspecified atom stereocenters. The van der Waals surface area contributed by atoms with E-state index >= 15 is 0 Å². The Labute approximate surface area is 163 Å². The molecule has 1 aliphatic rings. The van der Waals surface area contributed by atoms with E-state index in [4.69, 9.17) is 10.7 Å². The largest absolute Gasteiger partial charge is 0.360 e. The van der Waals surface area contributed by atoms with Gasteiger partial charge in [0.1, 0.15) is 12.5 Å². The molecule has 152 valence electrons. The lowest BCUT2D eigenvalue weighted by Crippen LogP contribution is -2.49. The van der Waals surface area contributed by atoms with E-state index in [0.29, 0.717) is 24.3 Å². The average Bonchev–Trinajstić information content (AvgIpc) is 3.04. The van der Waals surface area contributed by atoms with Crippen molar-refractivity contribution in [3.05, 3.63) is 53.1 Å². The zero-order chi connectivity index (χ0) is 20.8. The number of benzene rings is 1. The number of hydrogen-bond acceptors (Lipinski definition) is 3. The Balaban J connectivity index is 2.23. The number of fused-ring (bicyclic) bond motifs is 1. The molecule has 0 atom stereocenters. The van der Waals surface area contributed by atoms with E-state index in [0.717, 1.165) is 29.8 Å². The number of alkyl halides is 1. The number of imidazole rings is 1. The van der Waals surface area contributed by atoms with Gasteiger partial charge >= 0.3 is 0 Å². The van der Waals surface area contributed by atoms with Crippen molar-refractivity contribution in [3.8, 4) is 11.3 Å². The molecule has 1 aromatic carbocycles. The van der Waals surface area contributed by atoms with Gasteiger partial charge in [-0.15, -0.1) is 0 Å². The van der Waals surface area contributed by atoms with Gasteiger partial charge in [-0.25, -0.2) is 18.2 Å². The third-order valence-electron chi connectivity index (χ3n) is 5.46. The Bertz CT molecular complexity index is 915. The summed E-state index contributed by atoms with van der Waals surface area (Å²) < 4.78 is 43.2. The molecule has 0 saturated heterocycles. The molecule has 4 nitrogen and oxygen atoms in total. The van der Waals surface area contributed by atoms with Crippen LogP contribution in [0.15, 0.2) is 24.4 Å². The Kier molecular flexibility index (Phi) is 5.32. The first-order valence-electron chi connectivity index (χ1n) is 9.44. The summed E-state index contributed by atoms with van der Waals surface area (Å²) in [5, 5.41) is 0. The summed E-state index contributed by atoms with van der Waals surface area (Å²) in [6.45, 7) is 12.9. The first kappa shape index (κ1) is 20.5. The van der Waals surface area contributed by atoms with Crippen molar-refractivity contribution < 1.29 is 13.2 Å². The molecule has 0 radical (unpaired) electrons. The van der Waals surface area contributed by atoms with Gasteiger partial charge in [0.05, 0.1) is 11.2 Å². The molecule has 2 N–H and O–H groups in total. The fourth-order valence-corrected chi connectivity index (χ4v) is 4.10. The van der Waals surface area contributed by atoms with Gasteiger partial charge in [-0.2, -0.15) is 0 Å². The highest BCUT2D eigenvalue weighted by Gasteiger charge is 2.39. The van der Waals surface area contributed by atoms with Crippen LogP contribution in [0, 0.1) is 11.6 Å². The maximum Gasteiger partial charge on any atom is 0.164 e. The second kappa shape index (κ2) is 7.28. The average molecular weight is 392 g/mol. The smallest absolute Gasteiger partial charge is 0.164 e. The third-order valence-corrected chi connectivity index (χ3v) is 5.46. The lowest BCUT2D eigenvalue weighted by atomic mass is 9.97. The SMILES string of the molecule is C=C(CN)N1CCn2c(nc(-c3cc(F)c(F)c(CF)c3)c2C(C)C)C1(C)C. The Morgan fingerprint density at radius 2 is 1.96 bits per heavy atom. The van der Waals surface area contributed by atoms with Crippen LogP contribution in [0.1, 0.15) is 50.7 Å². The first-order valence-corrected chi connectivity index (χ1v) is 9.44. The van der Waals surface area contributed by atoms with Gasteiger partial charge in [0.2, 0.25) is 0 Å². The molecule has 2 aromatic rings. The molecule has 2 heterocycles. The molecule has 1 aromatic heterocycles. The van der Waals surface area contributed by atoms with E-state index in [1.165, 1.54) is 6.07 Å². The molecule has 0 amide bonds. The van der Waals surface area contributed by atoms with Crippen molar-refractivity contribution in [2.24, 2.45) is 5.73 Å². The van der Waals surface area contributed by atoms with Gasteiger partial charge in [0.25, 0.3) is 0 Å².